The van der Waals surface area contributed by atoms with Gasteiger partial charge < -0.3 is 10.1 Å². The number of rotatable bonds is 3. The number of nitrogens with two attached hydrogens (primary N) is 1. The zero-order chi connectivity index (χ0) is 22.9. The fourth-order valence-corrected chi connectivity index (χ4v) is 2.73. The first-order valence-electron chi connectivity index (χ1n) is 9.49. The monoisotopic (exact) mass is 437 g/mol. The lowest BCUT2D eigenvalue weighted by Gasteiger charge is -2.23. The van der Waals surface area contributed by atoms with Gasteiger partial charge in [0.2, 0.25) is 5.91 Å². The standard InChI is InChI=1S/C15H11F3N2O.C7H15NO.CH4/c1-9(21)13-8-20-7-11(10-4-2-3-5-10)6-12(14(20)19-13)15(16,17)18;1-5(6(8)9)7(2,3)4;/h2,4-8H,3H2,1H3;5H,1-4H3,(H2,8,9);1H4. The van der Waals surface area contributed by atoms with Crippen molar-refractivity contribution in [1.82, 2.24) is 9.38 Å². The van der Waals surface area contributed by atoms with Gasteiger partial charge in [0.05, 0.1) is 5.56 Å². The molecule has 3 rings (SSSR count). The lowest BCUT2D eigenvalue weighted by Crippen LogP contribution is -2.31. The Labute approximate surface area is 180 Å². The summed E-state index contributed by atoms with van der Waals surface area (Å²) in [6.07, 6.45) is 4.58. The van der Waals surface area contributed by atoms with E-state index in [1.54, 1.807) is 12.3 Å². The highest BCUT2D eigenvalue weighted by molar-refractivity contribution is 5.93. The zero-order valence-electron chi connectivity index (χ0n) is 17.7. The molecule has 2 aromatic rings. The van der Waals surface area contributed by atoms with Crippen LogP contribution < -0.4 is 5.73 Å². The number of imidazole rings is 1. The van der Waals surface area contributed by atoms with Crippen molar-refractivity contribution in [2.24, 2.45) is 17.1 Å². The van der Waals surface area contributed by atoms with Crippen molar-refractivity contribution in [1.29, 1.82) is 0 Å². The number of allylic oxidation sites excluding steroid dienone is 4. The highest BCUT2D eigenvalue weighted by atomic mass is 19.4. The quantitative estimate of drug-likeness (QED) is 0.627. The minimum atomic E-state index is -4.53. The topological polar surface area (TPSA) is 77.5 Å². The molecule has 2 heterocycles. The third-order valence-electron chi connectivity index (χ3n) is 5.05. The summed E-state index contributed by atoms with van der Waals surface area (Å²) in [4.78, 5) is 25.7. The molecular formula is C23H30F3N3O2. The number of alkyl halides is 3. The van der Waals surface area contributed by atoms with Crippen molar-refractivity contribution in [3.63, 3.8) is 0 Å². The number of Topliss-reactive ketones (excluding diaryl/α,β-unsaturated/α-hetero) is 1. The number of amides is 1. The summed E-state index contributed by atoms with van der Waals surface area (Å²) in [6, 6.07) is 1.08. The fourth-order valence-electron chi connectivity index (χ4n) is 2.73. The molecule has 0 bridgehead atoms. The van der Waals surface area contributed by atoms with Gasteiger partial charge in [0.25, 0.3) is 0 Å². The van der Waals surface area contributed by atoms with Crippen molar-refractivity contribution in [2.75, 3.05) is 0 Å². The largest absolute Gasteiger partial charge is 0.420 e. The van der Waals surface area contributed by atoms with Crippen LogP contribution in [0.25, 0.3) is 11.2 Å². The van der Waals surface area contributed by atoms with E-state index in [0.717, 1.165) is 11.6 Å². The Hall–Kier alpha value is -2.90. The average Bonchev–Trinajstić information content (AvgIpc) is 3.28. The van der Waals surface area contributed by atoms with E-state index in [2.05, 4.69) is 4.98 Å². The van der Waals surface area contributed by atoms with E-state index < -0.39 is 11.7 Å². The van der Waals surface area contributed by atoms with Crippen molar-refractivity contribution < 1.29 is 22.8 Å². The summed E-state index contributed by atoms with van der Waals surface area (Å²) in [5.74, 6) is -0.631. The molecule has 0 saturated carbocycles. The second-order valence-corrected chi connectivity index (χ2v) is 8.34. The number of fused-ring (bicyclic) bond motifs is 1. The van der Waals surface area contributed by atoms with Gasteiger partial charge in [-0.05, 0) is 29.0 Å². The highest BCUT2D eigenvalue weighted by Gasteiger charge is 2.35. The molecule has 0 aliphatic heterocycles. The number of carbonyl (C=O) groups is 2. The van der Waals surface area contributed by atoms with E-state index in [1.807, 2.05) is 39.8 Å². The minimum absolute atomic E-state index is 0. The van der Waals surface area contributed by atoms with E-state index >= 15 is 0 Å². The number of hydrogen-bond donors (Lipinski definition) is 1. The molecule has 1 atom stereocenters. The lowest BCUT2D eigenvalue weighted by atomic mass is 9.82. The van der Waals surface area contributed by atoms with Gasteiger partial charge in [-0.25, -0.2) is 4.98 Å². The molecule has 170 valence electrons. The van der Waals surface area contributed by atoms with Crippen molar-refractivity contribution in [3.8, 4) is 0 Å². The van der Waals surface area contributed by atoms with Crippen LogP contribution in [0.4, 0.5) is 13.2 Å². The number of aromatic nitrogens is 2. The Bertz CT molecular complexity index is 1030. The number of primary amides is 1. The van der Waals surface area contributed by atoms with Crippen LogP contribution in [0, 0.1) is 11.3 Å². The van der Waals surface area contributed by atoms with Crippen LogP contribution >= 0.6 is 0 Å². The molecule has 2 aromatic heterocycles. The molecule has 0 radical (unpaired) electrons. The first-order chi connectivity index (χ1) is 13.7. The predicted octanol–water partition coefficient (Wildman–Crippen LogP) is 5.69. The molecule has 0 spiro atoms. The summed E-state index contributed by atoms with van der Waals surface area (Å²) in [5.41, 5.74) is 5.21. The van der Waals surface area contributed by atoms with E-state index in [4.69, 9.17) is 5.73 Å². The van der Waals surface area contributed by atoms with Gasteiger partial charge in [-0.1, -0.05) is 53.3 Å². The molecule has 5 nitrogen and oxygen atoms in total. The highest BCUT2D eigenvalue weighted by Crippen LogP contribution is 2.35. The van der Waals surface area contributed by atoms with Crippen LogP contribution in [0.2, 0.25) is 0 Å². The van der Waals surface area contributed by atoms with Crippen LogP contribution in [-0.4, -0.2) is 21.1 Å². The predicted molar refractivity (Wildman–Crippen MR) is 116 cm³/mol. The molecule has 1 aliphatic carbocycles. The first-order valence-corrected chi connectivity index (χ1v) is 9.49. The summed E-state index contributed by atoms with van der Waals surface area (Å²) >= 11 is 0. The fraction of sp³-hybridized carbons (Fsp3) is 0.435. The average molecular weight is 438 g/mol. The van der Waals surface area contributed by atoms with Gasteiger partial charge in [0.15, 0.2) is 5.78 Å². The molecule has 2 N–H and O–H groups in total. The summed E-state index contributed by atoms with van der Waals surface area (Å²) in [7, 11) is 0. The second-order valence-electron chi connectivity index (χ2n) is 8.34. The number of pyridine rings is 1. The van der Waals surface area contributed by atoms with Crippen LogP contribution in [0.1, 0.15) is 70.1 Å². The summed E-state index contributed by atoms with van der Waals surface area (Å²) in [5, 5.41) is 0. The van der Waals surface area contributed by atoms with E-state index in [-0.39, 0.29) is 41.8 Å². The number of carbonyl (C=O) groups excluding carboxylic acids is 2. The molecule has 0 aromatic carbocycles. The van der Waals surface area contributed by atoms with E-state index in [9.17, 15) is 22.8 Å². The molecule has 1 unspecified atom stereocenters. The van der Waals surface area contributed by atoms with Crippen molar-refractivity contribution >= 4 is 22.9 Å². The second kappa shape index (κ2) is 9.49. The van der Waals surface area contributed by atoms with Crippen LogP contribution in [0.5, 0.6) is 0 Å². The summed E-state index contributed by atoms with van der Waals surface area (Å²) < 4.78 is 40.9. The molecule has 0 saturated heterocycles. The number of halogens is 3. The summed E-state index contributed by atoms with van der Waals surface area (Å²) in [6.45, 7) is 9.13. The van der Waals surface area contributed by atoms with E-state index in [1.165, 1.54) is 17.5 Å². The molecule has 8 heteroatoms. The number of hydrogen-bond acceptors (Lipinski definition) is 3. The number of ketones is 1. The zero-order valence-corrected chi connectivity index (χ0v) is 17.7. The molecule has 31 heavy (non-hydrogen) atoms. The Balaban J connectivity index is 0.000000413. The van der Waals surface area contributed by atoms with Crippen molar-refractivity contribution in [3.05, 3.63) is 53.5 Å². The minimum Gasteiger partial charge on any atom is -0.369 e. The molecule has 1 aliphatic rings. The van der Waals surface area contributed by atoms with Gasteiger partial charge in [-0.2, -0.15) is 13.2 Å². The van der Waals surface area contributed by atoms with Gasteiger partial charge in [0.1, 0.15) is 11.3 Å². The van der Waals surface area contributed by atoms with Crippen LogP contribution in [0.3, 0.4) is 0 Å². The maximum absolute atomic E-state index is 13.2. The smallest absolute Gasteiger partial charge is 0.369 e. The molecule has 0 fully saturated rings. The first kappa shape index (κ1) is 26.1. The Morgan fingerprint density at radius 3 is 2.19 bits per heavy atom. The Morgan fingerprint density at radius 2 is 1.81 bits per heavy atom. The van der Waals surface area contributed by atoms with Crippen molar-refractivity contribution in [2.45, 2.75) is 54.6 Å². The van der Waals surface area contributed by atoms with Gasteiger partial charge in [0, 0.05) is 25.2 Å². The Morgan fingerprint density at radius 1 is 1.19 bits per heavy atom. The van der Waals surface area contributed by atoms with E-state index in [0.29, 0.717) is 12.0 Å². The van der Waals surface area contributed by atoms with Crippen LogP contribution in [0.15, 0.2) is 36.7 Å². The Kier molecular flexibility index (Phi) is 8.00. The lowest BCUT2D eigenvalue weighted by molar-refractivity contribution is -0.136. The molecule has 1 amide bonds. The third kappa shape index (κ3) is 6.29. The third-order valence-corrected chi connectivity index (χ3v) is 5.05. The van der Waals surface area contributed by atoms with Gasteiger partial charge >= 0.3 is 6.18 Å². The maximum atomic E-state index is 13.2. The van der Waals surface area contributed by atoms with Crippen LogP contribution in [-0.2, 0) is 11.0 Å². The SMILES string of the molecule is C.CC(=O)c1cn2cc(C3=CCC=C3)cc(C(F)(F)F)c2n1.CC(C(N)=O)C(C)(C)C. The van der Waals surface area contributed by atoms with Gasteiger partial charge in [-0.3, -0.25) is 9.59 Å². The number of nitrogens with zero attached hydrogens (tertiary/aromatic N) is 2. The van der Waals surface area contributed by atoms with Gasteiger partial charge in [-0.15, -0.1) is 0 Å². The maximum Gasteiger partial charge on any atom is 0.420 e. The molecular weight excluding hydrogens is 407 g/mol. The normalized spacial score (nSPS) is 14.4.